The second kappa shape index (κ2) is 9.86. The molecule has 0 aliphatic carbocycles. The van der Waals surface area contributed by atoms with Crippen LogP contribution in [-0.2, 0) is 4.57 Å². The summed E-state index contributed by atoms with van der Waals surface area (Å²) < 4.78 is 10.9. The summed E-state index contributed by atoms with van der Waals surface area (Å²) in [6, 6.07) is 12.1. The molecule has 3 nitrogen and oxygen atoms in total. The third-order valence-electron chi connectivity index (χ3n) is 2.89. The van der Waals surface area contributed by atoms with Gasteiger partial charge in [-0.3, -0.25) is 0 Å². The van der Waals surface area contributed by atoms with Gasteiger partial charge in [-0.25, -0.2) is 0 Å². The van der Waals surface area contributed by atoms with Gasteiger partial charge in [0.1, 0.15) is 0 Å². The molecule has 0 aromatic heterocycles. The van der Waals surface area contributed by atoms with E-state index in [0.29, 0.717) is 0 Å². The van der Waals surface area contributed by atoms with Crippen LogP contribution in [0.5, 0.6) is 0 Å². The first-order valence-corrected chi connectivity index (χ1v) is 7.12. The molecule has 0 aliphatic rings. The minimum absolute atomic E-state index is 0. The summed E-state index contributed by atoms with van der Waals surface area (Å²) >= 11 is 0. The summed E-state index contributed by atoms with van der Waals surface area (Å²) in [5.41, 5.74) is 4.21. The van der Waals surface area contributed by atoms with Crippen molar-refractivity contribution in [2.75, 3.05) is 0 Å². The van der Waals surface area contributed by atoms with Crippen molar-refractivity contribution in [3.05, 3.63) is 53.6 Å². The van der Waals surface area contributed by atoms with Gasteiger partial charge in [0, 0.05) is 0 Å². The quantitative estimate of drug-likeness (QED) is 0.372. The largest absolute Gasteiger partial charge is 1.00 e. The molecule has 0 saturated heterocycles. The van der Waals surface area contributed by atoms with Gasteiger partial charge >= 0.3 is 138 Å². The van der Waals surface area contributed by atoms with E-state index in [4.69, 9.17) is 0 Å². The monoisotopic (exact) mass is 526 g/mol. The van der Waals surface area contributed by atoms with Crippen molar-refractivity contribution in [1.82, 2.24) is 0 Å². The summed E-state index contributed by atoms with van der Waals surface area (Å²) in [6.45, 7) is 4.00. The van der Waals surface area contributed by atoms with Crippen molar-refractivity contribution >= 4 is 12.9 Å². The van der Waals surface area contributed by atoms with Gasteiger partial charge in [0.05, 0.1) is 0 Å². The molecule has 2 aromatic carbocycles. The van der Waals surface area contributed by atoms with E-state index >= 15 is 0 Å². The van der Waals surface area contributed by atoms with E-state index in [1.165, 1.54) is 12.1 Å². The average Bonchev–Trinajstić information content (AvgIpc) is 2.31. The van der Waals surface area contributed by atoms with Gasteiger partial charge in [0.15, 0.2) is 0 Å². The Morgan fingerprint density at radius 1 is 0.900 bits per heavy atom. The van der Waals surface area contributed by atoms with Crippen LogP contribution in [0.15, 0.2) is 42.5 Å². The molecule has 2 rings (SSSR count). The van der Waals surface area contributed by atoms with Crippen molar-refractivity contribution in [2.24, 2.45) is 0 Å². The zero-order chi connectivity index (χ0) is 13.3. The van der Waals surface area contributed by atoms with Crippen LogP contribution in [0.1, 0.15) is 11.1 Å². The molecular formula is C14H13Cs2O3P. The first-order chi connectivity index (χ1) is 8.38. The van der Waals surface area contributed by atoms with Gasteiger partial charge in [-0.05, 0) is 43.4 Å². The van der Waals surface area contributed by atoms with E-state index in [9.17, 15) is 14.4 Å². The van der Waals surface area contributed by atoms with Crippen molar-refractivity contribution in [1.29, 1.82) is 0 Å². The second-order valence-corrected chi connectivity index (χ2v) is 5.87. The van der Waals surface area contributed by atoms with E-state index in [1.807, 2.05) is 32.0 Å². The van der Waals surface area contributed by atoms with Gasteiger partial charge in [0.25, 0.3) is 0 Å². The van der Waals surface area contributed by atoms with Crippen LogP contribution in [-0.4, -0.2) is 0 Å². The topological polar surface area (TPSA) is 63.2 Å². The van der Waals surface area contributed by atoms with Gasteiger partial charge in [0.2, 0.25) is 0 Å². The minimum atomic E-state index is -4.65. The molecule has 0 bridgehead atoms. The normalized spacial score (nSPS) is 10.4. The zero-order valence-corrected chi connectivity index (χ0v) is 25.7. The standard InChI is InChI=1S/C14H15O3P.2Cs/c1-10-3-4-11(2)14(9-10)12-5-7-13(8-6-12)18(15,16)17;;/h3-9H,1-2H3,(H2,15,16,17);;/q;2*+1/p-2. The first-order valence-electron chi connectivity index (χ1n) is 5.58. The van der Waals surface area contributed by atoms with Crippen molar-refractivity contribution in [3.63, 3.8) is 0 Å². The second-order valence-electron chi connectivity index (χ2n) is 4.36. The Balaban J connectivity index is 0.00000180. The Kier molecular flexibility index (Phi) is 11.2. The molecule has 0 fully saturated rings. The maximum absolute atomic E-state index is 10.9. The van der Waals surface area contributed by atoms with Crippen molar-refractivity contribution in [2.45, 2.75) is 13.8 Å². The van der Waals surface area contributed by atoms with Crippen LogP contribution in [0.25, 0.3) is 11.1 Å². The Labute approximate surface area is 237 Å². The van der Waals surface area contributed by atoms with Crippen molar-refractivity contribution < 1.29 is 152 Å². The Morgan fingerprint density at radius 3 is 1.95 bits per heavy atom. The Bertz CT molecular complexity index is 621. The van der Waals surface area contributed by atoms with E-state index in [0.717, 1.165) is 22.3 Å². The van der Waals surface area contributed by atoms with Crippen LogP contribution in [0.3, 0.4) is 0 Å². The molecule has 0 saturated carbocycles. The molecule has 0 heterocycles. The minimum Gasteiger partial charge on any atom is -0.807 e. The molecule has 0 radical (unpaired) electrons. The molecule has 2 aromatic rings. The number of hydrogen-bond donors (Lipinski definition) is 0. The third-order valence-corrected chi connectivity index (χ3v) is 3.82. The summed E-state index contributed by atoms with van der Waals surface area (Å²) in [4.78, 5) is 21.7. The molecule has 0 atom stereocenters. The molecule has 0 unspecified atom stereocenters. The fourth-order valence-electron chi connectivity index (χ4n) is 1.87. The summed E-state index contributed by atoms with van der Waals surface area (Å²) in [7, 11) is -4.65. The van der Waals surface area contributed by atoms with Crippen LogP contribution >= 0.6 is 7.60 Å². The fourth-order valence-corrected chi connectivity index (χ4v) is 2.38. The average molecular weight is 526 g/mol. The maximum atomic E-state index is 10.9. The molecule has 94 valence electrons. The fraction of sp³-hybridized carbons (Fsp3) is 0.143. The van der Waals surface area contributed by atoms with E-state index < -0.39 is 7.60 Å². The summed E-state index contributed by atoms with van der Waals surface area (Å²) in [5.74, 6) is 0. The molecule has 20 heavy (non-hydrogen) atoms. The smallest absolute Gasteiger partial charge is 0.807 e. The van der Waals surface area contributed by atoms with E-state index in [2.05, 4.69) is 0 Å². The molecule has 0 N–H and O–H groups in total. The Hall–Kier alpha value is 2.69. The van der Waals surface area contributed by atoms with Gasteiger partial charge in [-0.1, -0.05) is 48.0 Å². The molecule has 0 aliphatic heterocycles. The molecule has 0 spiro atoms. The van der Waals surface area contributed by atoms with E-state index in [1.54, 1.807) is 12.1 Å². The molecule has 0 amide bonds. The number of aryl methyl sites for hydroxylation is 2. The summed E-state index contributed by atoms with van der Waals surface area (Å²) in [5, 5.41) is -0.170. The van der Waals surface area contributed by atoms with Gasteiger partial charge < -0.3 is 14.4 Å². The van der Waals surface area contributed by atoms with Gasteiger partial charge in [-0.2, -0.15) is 0 Å². The number of benzene rings is 2. The summed E-state index contributed by atoms with van der Waals surface area (Å²) in [6.07, 6.45) is 0. The van der Waals surface area contributed by atoms with Crippen LogP contribution in [0.2, 0.25) is 0 Å². The SMILES string of the molecule is Cc1ccc(C)c(-c2ccc(P(=O)([O-])[O-])cc2)c1.[Cs+].[Cs+]. The van der Waals surface area contributed by atoms with Gasteiger partial charge in [-0.15, -0.1) is 0 Å². The van der Waals surface area contributed by atoms with Crippen molar-refractivity contribution in [3.8, 4) is 11.1 Å². The molecule has 6 heteroatoms. The first kappa shape index (κ1) is 22.7. The maximum Gasteiger partial charge on any atom is 1.00 e. The molecular weight excluding hydrogens is 513 g/mol. The van der Waals surface area contributed by atoms with Crippen LogP contribution < -0.4 is 153 Å². The van der Waals surface area contributed by atoms with Crippen LogP contribution in [0.4, 0.5) is 0 Å². The predicted molar refractivity (Wildman–Crippen MR) is 68.6 cm³/mol. The zero-order valence-electron chi connectivity index (χ0n) is 12.2. The van der Waals surface area contributed by atoms with E-state index in [-0.39, 0.29) is 143 Å². The third kappa shape index (κ3) is 6.30. The Morgan fingerprint density at radius 2 is 1.45 bits per heavy atom. The predicted octanol–water partition coefficient (Wildman–Crippen LogP) is -4.48. The van der Waals surface area contributed by atoms with Crippen LogP contribution in [0, 0.1) is 13.8 Å². The number of hydrogen-bond acceptors (Lipinski definition) is 3. The number of rotatable bonds is 2.